The number of aryl methyl sites for hydroxylation is 1. The van der Waals surface area contributed by atoms with Gasteiger partial charge in [0.25, 0.3) is 5.56 Å². The van der Waals surface area contributed by atoms with Crippen LogP contribution in [-0.4, -0.2) is 14.7 Å². The first-order valence-electron chi connectivity index (χ1n) is 4.92. The number of rotatable bonds is 1. The lowest BCUT2D eigenvalue weighted by Crippen LogP contribution is -2.31. The van der Waals surface area contributed by atoms with E-state index in [1.54, 1.807) is 30.1 Å². The van der Waals surface area contributed by atoms with Crippen molar-refractivity contribution in [1.29, 1.82) is 0 Å². The summed E-state index contributed by atoms with van der Waals surface area (Å²) in [7, 11) is 0. The highest BCUT2D eigenvalue weighted by atomic mass is 79.9. The Morgan fingerprint density at radius 1 is 1.39 bits per heavy atom. The monoisotopic (exact) mass is 314 g/mol. The summed E-state index contributed by atoms with van der Waals surface area (Å²) in [4.78, 5) is 24.4. The van der Waals surface area contributed by atoms with Gasteiger partial charge >= 0.3 is 5.69 Å². The first-order valence-corrected chi connectivity index (χ1v) is 5.71. The van der Waals surface area contributed by atoms with Crippen LogP contribution in [0.15, 0.2) is 32.3 Å². The Labute approximate surface area is 109 Å². The fourth-order valence-electron chi connectivity index (χ4n) is 1.52. The second-order valence-electron chi connectivity index (χ2n) is 3.69. The van der Waals surface area contributed by atoms with E-state index >= 15 is 0 Å². The molecule has 0 spiro atoms. The molecule has 94 valence electrons. The maximum atomic E-state index is 13.3. The van der Waals surface area contributed by atoms with E-state index < -0.39 is 22.9 Å². The zero-order chi connectivity index (χ0) is 13.4. The molecule has 0 bridgehead atoms. The van der Waals surface area contributed by atoms with Crippen LogP contribution in [0.4, 0.5) is 4.39 Å². The third kappa shape index (κ3) is 1.97. The molecule has 1 aromatic carbocycles. The van der Waals surface area contributed by atoms with Crippen LogP contribution in [0.3, 0.4) is 0 Å². The second-order valence-corrected chi connectivity index (χ2v) is 4.54. The van der Waals surface area contributed by atoms with Crippen LogP contribution in [0, 0.1) is 12.7 Å². The van der Waals surface area contributed by atoms with Crippen LogP contribution in [0.5, 0.6) is 5.88 Å². The lowest BCUT2D eigenvalue weighted by atomic mass is 10.2. The van der Waals surface area contributed by atoms with Crippen molar-refractivity contribution >= 4 is 15.9 Å². The molecule has 2 rings (SSSR count). The smallest absolute Gasteiger partial charge is 0.335 e. The van der Waals surface area contributed by atoms with Crippen molar-refractivity contribution in [2.45, 2.75) is 6.92 Å². The lowest BCUT2D eigenvalue weighted by molar-refractivity contribution is 0.386. The Bertz CT molecular complexity index is 736. The molecule has 0 atom stereocenters. The summed E-state index contributed by atoms with van der Waals surface area (Å²) in [5.74, 6) is -2.42. The molecule has 0 saturated heterocycles. The average molecular weight is 315 g/mol. The summed E-state index contributed by atoms with van der Waals surface area (Å²) in [5.41, 5.74) is -1.11. The maximum absolute atomic E-state index is 13.3. The van der Waals surface area contributed by atoms with Crippen LogP contribution < -0.4 is 11.2 Å². The Hall–Kier alpha value is -1.89. The number of halogens is 2. The van der Waals surface area contributed by atoms with Crippen molar-refractivity contribution in [3.8, 4) is 11.6 Å². The number of aromatic nitrogens is 2. The fourth-order valence-corrected chi connectivity index (χ4v) is 1.95. The van der Waals surface area contributed by atoms with E-state index in [0.29, 0.717) is 9.04 Å². The van der Waals surface area contributed by atoms with Gasteiger partial charge in [-0.25, -0.2) is 9.36 Å². The Morgan fingerprint density at radius 2 is 2.06 bits per heavy atom. The third-order valence-corrected chi connectivity index (χ3v) is 3.04. The molecule has 0 saturated carbocycles. The molecular formula is C11H8BrFN2O3. The number of aromatic amines is 1. The molecule has 0 radical (unpaired) electrons. The summed E-state index contributed by atoms with van der Waals surface area (Å²) < 4.78 is 14.5. The van der Waals surface area contributed by atoms with Gasteiger partial charge in [0.15, 0.2) is 0 Å². The quantitative estimate of drug-likeness (QED) is 0.836. The minimum absolute atomic E-state index is 0.243. The van der Waals surface area contributed by atoms with Crippen molar-refractivity contribution in [2.75, 3.05) is 0 Å². The lowest BCUT2D eigenvalue weighted by Gasteiger charge is -2.10. The van der Waals surface area contributed by atoms with Gasteiger partial charge in [-0.2, -0.15) is 4.39 Å². The minimum Gasteiger partial charge on any atom is -0.492 e. The van der Waals surface area contributed by atoms with Gasteiger partial charge in [0, 0.05) is 4.47 Å². The Morgan fingerprint density at radius 3 is 2.72 bits per heavy atom. The van der Waals surface area contributed by atoms with Gasteiger partial charge in [-0.05, 0) is 40.5 Å². The van der Waals surface area contributed by atoms with Gasteiger partial charge < -0.3 is 5.11 Å². The van der Waals surface area contributed by atoms with Crippen LogP contribution in [0.2, 0.25) is 0 Å². The van der Waals surface area contributed by atoms with Crippen LogP contribution in [0.1, 0.15) is 5.56 Å². The van der Waals surface area contributed by atoms with Crippen molar-refractivity contribution in [1.82, 2.24) is 9.55 Å². The number of hydrogen-bond acceptors (Lipinski definition) is 3. The van der Waals surface area contributed by atoms with Gasteiger partial charge in [0.2, 0.25) is 11.7 Å². The molecule has 0 amide bonds. The van der Waals surface area contributed by atoms with E-state index in [2.05, 4.69) is 15.9 Å². The first-order chi connectivity index (χ1) is 8.41. The maximum Gasteiger partial charge on any atom is 0.335 e. The van der Waals surface area contributed by atoms with E-state index in [4.69, 9.17) is 0 Å². The molecule has 2 N–H and O–H groups in total. The first kappa shape index (κ1) is 12.6. The molecule has 5 nitrogen and oxygen atoms in total. The number of H-pyrrole nitrogens is 1. The van der Waals surface area contributed by atoms with Crippen LogP contribution in [-0.2, 0) is 0 Å². The summed E-state index contributed by atoms with van der Waals surface area (Å²) in [6.07, 6.45) is 0. The van der Waals surface area contributed by atoms with Gasteiger partial charge in [0.1, 0.15) is 0 Å². The van der Waals surface area contributed by atoms with Crippen molar-refractivity contribution in [3.05, 3.63) is 54.9 Å². The highest BCUT2D eigenvalue weighted by Gasteiger charge is 2.16. The zero-order valence-electron chi connectivity index (χ0n) is 9.20. The Kier molecular flexibility index (Phi) is 3.08. The van der Waals surface area contributed by atoms with E-state index in [-0.39, 0.29) is 5.69 Å². The average Bonchev–Trinajstić information content (AvgIpc) is 2.31. The molecule has 18 heavy (non-hydrogen) atoms. The van der Waals surface area contributed by atoms with Crippen molar-refractivity contribution in [2.24, 2.45) is 0 Å². The fraction of sp³-hybridized carbons (Fsp3) is 0.0909. The Balaban J connectivity index is 2.88. The number of aromatic hydroxyl groups is 1. The SMILES string of the molecule is Cc1ccc(Br)c(-n2c(O)c(F)c(=O)[nH]c2=O)c1. The second kappa shape index (κ2) is 4.41. The van der Waals surface area contributed by atoms with Gasteiger partial charge in [-0.1, -0.05) is 6.07 Å². The van der Waals surface area contributed by atoms with E-state index in [1.165, 1.54) is 0 Å². The predicted octanol–water partition coefficient (Wildman–Crippen LogP) is 1.44. The molecule has 0 aliphatic rings. The highest BCUT2D eigenvalue weighted by Crippen LogP contribution is 2.24. The molecule has 1 heterocycles. The highest BCUT2D eigenvalue weighted by molar-refractivity contribution is 9.10. The molecule has 0 aliphatic heterocycles. The summed E-state index contributed by atoms with van der Waals surface area (Å²) in [6, 6.07) is 5.00. The number of nitrogens with zero attached hydrogens (tertiary/aromatic N) is 1. The number of hydrogen-bond donors (Lipinski definition) is 2. The predicted molar refractivity (Wildman–Crippen MR) is 66.7 cm³/mol. The van der Waals surface area contributed by atoms with Gasteiger partial charge in [0.05, 0.1) is 5.69 Å². The van der Waals surface area contributed by atoms with Crippen molar-refractivity contribution < 1.29 is 9.50 Å². The van der Waals surface area contributed by atoms with E-state index in [1.807, 2.05) is 0 Å². The summed E-state index contributed by atoms with van der Waals surface area (Å²) in [5, 5.41) is 9.58. The largest absolute Gasteiger partial charge is 0.492 e. The molecule has 0 unspecified atom stereocenters. The van der Waals surface area contributed by atoms with Crippen LogP contribution in [0.25, 0.3) is 5.69 Å². The van der Waals surface area contributed by atoms with E-state index in [0.717, 1.165) is 5.56 Å². The standard InChI is InChI=1S/C11H8BrFN2O3/c1-5-2-3-6(12)7(4-5)15-10(17)8(13)9(16)14-11(15)18/h2-4,17H,1H3,(H,14,16,18). The van der Waals surface area contributed by atoms with Gasteiger partial charge in [-0.15, -0.1) is 0 Å². The normalized spacial score (nSPS) is 10.6. The molecular weight excluding hydrogens is 307 g/mol. The third-order valence-electron chi connectivity index (χ3n) is 2.37. The summed E-state index contributed by atoms with van der Waals surface area (Å²) >= 11 is 3.19. The topological polar surface area (TPSA) is 75.1 Å². The van der Waals surface area contributed by atoms with Crippen molar-refractivity contribution in [3.63, 3.8) is 0 Å². The number of nitrogens with one attached hydrogen (secondary N) is 1. The summed E-state index contributed by atoms with van der Waals surface area (Å²) in [6.45, 7) is 1.78. The molecule has 0 fully saturated rings. The number of benzene rings is 1. The molecule has 7 heteroatoms. The van der Waals surface area contributed by atoms with Gasteiger partial charge in [-0.3, -0.25) is 9.78 Å². The van der Waals surface area contributed by atoms with Crippen LogP contribution >= 0.6 is 15.9 Å². The molecule has 2 aromatic rings. The zero-order valence-corrected chi connectivity index (χ0v) is 10.8. The minimum atomic E-state index is -1.40. The van der Waals surface area contributed by atoms with E-state index in [9.17, 15) is 19.1 Å². The molecule has 0 aliphatic carbocycles. The molecule has 1 aromatic heterocycles.